The molecular formula is C19H26N2O. The normalized spacial score (nSPS) is 10.8. The van der Waals surface area contributed by atoms with Crippen LogP contribution in [0.1, 0.15) is 55.5 Å². The van der Waals surface area contributed by atoms with Crippen molar-refractivity contribution < 1.29 is 4.79 Å². The molecule has 0 fully saturated rings. The summed E-state index contributed by atoms with van der Waals surface area (Å²) in [7, 11) is 0. The van der Waals surface area contributed by atoms with E-state index in [-0.39, 0.29) is 5.91 Å². The van der Waals surface area contributed by atoms with Crippen molar-refractivity contribution in [2.24, 2.45) is 0 Å². The first-order valence-corrected chi connectivity index (χ1v) is 8.24. The second-order valence-corrected chi connectivity index (χ2v) is 5.63. The number of benzene rings is 1. The highest BCUT2D eigenvalue weighted by atomic mass is 16.1. The molecule has 0 aliphatic carbocycles. The van der Waals surface area contributed by atoms with Gasteiger partial charge in [0.05, 0.1) is 5.56 Å². The van der Waals surface area contributed by atoms with Crippen LogP contribution in [0.5, 0.6) is 0 Å². The van der Waals surface area contributed by atoms with E-state index < -0.39 is 0 Å². The Morgan fingerprint density at radius 3 is 2.77 bits per heavy atom. The zero-order valence-electron chi connectivity index (χ0n) is 13.7. The first-order chi connectivity index (χ1) is 10.7. The van der Waals surface area contributed by atoms with Gasteiger partial charge in [0.1, 0.15) is 0 Å². The van der Waals surface area contributed by atoms with Crippen LogP contribution < -0.4 is 5.32 Å². The topological polar surface area (TPSA) is 34.0 Å². The fraction of sp³-hybridized carbons (Fsp3) is 0.421. The fourth-order valence-corrected chi connectivity index (χ4v) is 2.73. The molecule has 2 aromatic rings. The van der Waals surface area contributed by atoms with Crippen molar-refractivity contribution in [1.82, 2.24) is 9.88 Å². The molecular weight excluding hydrogens is 272 g/mol. The monoisotopic (exact) mass is 298 g/mol. The summed E-state index contributed by atoms with van der Waals surface area (Å²) >= 11 is 0. The molecule has 0 unspecified atom stereocenters. The molecule has 0 saturated heterocycles. The molecule has 0 bridgehead atoms. The number of carbonyl (C=O) groups is 1. The van der Waals surface area contributed by atoms with Gasteiger partial charge in [0, 0.05) is 30.2 Å². The third-order valence-electron chi connectivity index (χ3n) is 4.04. The standard InChI is InChI=1S/C19H26N2O/c1-4-7-8-9-12-20-19(22)17-14-21(6-3)18-13-15(5-2)10-11-16(17)18/h5,10-11,13-14H,2,4,6-9,12H2,1,3H3,(H,20,22). The molecule has 0 aliphatic heterocycles. The van der Waals surface area contributed by atoms with Crippen LogP contribution in [0.4, 0.5) is 0 Å². The second kappa shape index (κ2) is 7.83. The second-order valence-electron chi connectivity index (χ2n) is 5.63. The maximum absolute atomic E-state index is 12.4. The summed E-state index contributed by atoms with van der Waals surface area (Å²) in [6, 6.07) is 6.11. The van der Waals surface area contributed by atoms with Crippen LogP contribution in [0, 0.1) is 0 Å². The summed E-state index contributed by atoms with van der Waals surface area (Å²) in [5.41, 5.74) is 2.94. The zero-order valence-corrected chi connectivity index (χ0v) is 13.7. The Morgan fingerprint density at radius 2 is 2.09 bits per heavy atom. The summed E-state index contributed by atoms with van der Waals surface area (Å²) in [5, 5.41) is 4.06. The van der Waals surface area contributed by atoms with E-state index >= 15 is 0 Å². The van der Waals surface area contributed by atoms with Gasteiger partial charge in [-0.2, -0.15) is 0 Å². The number of fused-ring (bicyclic) bond motifs is 1. The number of unbranched alkanes of at least 4 members (excludes halogenated alkanes) is 3. The SMILES string of the molecule is C=Cc1ccc2c(C(=O)NCCCCCC)cn(CC)c2c1. The molecule has 1 N–H and O–H groups in total. The van der Waals surface area contributed by atoms with Gasteiger partial charge in [-0.05, 0) is 25.0 Å². The Bertz CT molecular complexity index is 655. The van der Waals surface area contributed by atoms with E-state index in [2.05, 4.69) is 36.4 Å². The van der Waals surface area contributed by atoms with Crippen molar-refractivity contribution in [2.45, 2.75) is 46.1 Å². The van der Waals surface area contributed by atoms with Crippen molar-refractivity contribution in [3.8, 4) is 0 Å². The van der Waals surface area contributed by atoms with Crippen molar-refractivity contribution in [3.63, 3.8) is 0 Å². The van der Waals surface area contributed by atoms with Gasteiger partial charge in [-0.25, -0.2) is 0 Å². The molecule has 1 aromatic heterocycles. The lowest BCUT2D eigenvalue weighted by Gasteiger charge is -2.04. The van der Waals surface area contributed by atoms with Gasteiger partial charge in [-0.1, -0.05) is 51.0 Å². The number of hydrogen-bond donors (Lipinski definition) is 1. The third-order valence-corrected chi connectivity index (χ3v) is 4.04. The Balaban J connectivity index is 2.16. The summed E-state index contributed by atoms with van der Waals surface area (Å²) in [6.07, 6.45) is 8.46. The summed E-state index contributed by atoms with van der Waals surface area (Å²) in [5.74, 6) is 0.0278. The van der Waals surface area contributed by atoms with Gasteiger partial charge in [-0.3, -0.25) is 4.79 Å². The predicted octanol–water partition coefficient (Wildman–Crippen LogP) is 4.61. The molecule has 2 rings (SSSR count). The zero-order chi connectivity index (χ0) is 15.9. The number of aryl methyl sites for hydroxylation is 1. The van der Waals surface area contributed by atoms with Gasteiger partial charge < -0.3 is 9.88 Å². The minimum absolute atomic E-state index is 0.0278. The van der Waals surface area contributed by atoms with E-state index in [1.165, 1.54) is 19.3 Å². The number of nitrogens with one attached hydrogen (secondary N) is 1. The number of hydrogen-bond acceptors (Lipinski definition) is 1. The maximum atomic E-state index is 12.4. The molecule has 0 atom stereocenters. The molecule has 0 aliphatic rings. The first-order valence-electron chi connectivity index (χ1n) is 8.24. The number of carbonyl (C=O) groups excluding carboxylic acids is 1. The third kappa shape index (κ3) is 3.59. The van der Waals surface area contributed by atoms with Crippen LogP contribution in [0.15, 0.2) is 31.0 Å². The van der Waals surface area contributed by atoms with E-state index in [9.17, 15) is 4.79 Å². The minimum Gasteiger partial charge on any atom is -0.352 e. The van der Waals surface area contributed by atoms with E-state index in [0.29, 0.717) is 0 Å². The van der Waals surface area contributed by atoms with E-state index in [0.717, 1.165) is 41.5 Å². The quantitative estimate of drug-likeness (QED) is 0.709. The van der Waals surface area contributed by atoms with E-state index in [1.807, 2.05) is 24.4 Å². The summed E-state index contributed by atoms with van der Waals surface area (Å²) < 4.78 is 2.12. The van der Waals surface area contributed by atoms with E-state index in [1.54, 1.807) is 0 Å². The van der Waals surface area contributed by atoms with Crippen LogP contribution in [-0.4, -0.2) is 17.0 Å². The highest BCUT2D eigenvalue weighted by Gasteiger charge is 2.14. The molecule has 0 spiro atoms. The molecule has 1 amide bonds. The minimum atomic E-state index is 0.0278. The Hall–Kier alpha value is -2.03. The Morgan fingerprint density at radius 1 is 1.27 bits per heavy atom. The largest absolute Gasteiger partial charge is 0.352 e. The summed E-state index contributed by atoms with van der Waals surface area (Å²) in [4.78, 5) is 12.4. The first kappa shape index (κ1) is 16.3. The molecule has 1 aromatic carbocycles. The van der Waals surface area contributed by atoms with Gasteiger partial charge >= 0.3 is 0 Å². The molecule has 0 saturated carbocycles. The highest BCUT2D eigenvalue weighted by Crippen LogP contribution is 2.23. The molecule has 0 radical (unpaired) electrons. The van der Waals surface area contributed by atoms with Crippen molar-refractivity contribution in [2.75, 3.05) is 6.54 Å². The Kier molecular flexibility index (Phi) is 5.82. The number of amides is 1. The number of aromatic nitrogens is 1. The molecule has 1 heterocycles. The van der Waals surface area contributed by atoms with Crippen LogP contribution in [0.3, 0.4) is 0 Å². The van der Waals surface area contributed by atoms with Gasteiger partial charge in [0.2, 0.25) is 0 Å². The van der Waals surface area contributed by atoms with E-state index in [4.69, 9.17) is 0 Å². The van der Waals surface area contributed by atoms with Crippen molar-refractivity contribution in [1.29, 1.82) is 0 Å². The average molecular weight is 298 g/mol. The maximum Gasteiger partial charge on any atom is 0.253 e. The van der Waals surface area contributed by atoms with Crippen LogP contribution in [0.2, 0.25) is 0 Å². The number of nitrogens with zero attached hydrogens (tertiary/aromatic N) is 1. The smallest absolute Gasteiger partial charge is 0.253 e. The average Bonchev–Trinajstić information content (AvgIpc) is 2.92. The summed E-state index contributed by atoms with van der Waals surface area (Å²) in [6.45, 7) is 9.69. The van der Waals surface area contributed by atoms with Crippen LogP contribution in [-0.2, 0) is 6.54 Å². The molecule has 3 nitrogen and oxygen atoms in total. The van der Waals surface area contributed by atoms with Crippen LogP contribution in [0.25, 0.3) is 17.0 Å². The Labute approximate surface area is 133 Å². The lowest BCUT2D eigenvalue weighted by atomic mass is 10.1. The lowest BCUT2D eigenvalue weighted by Crippen LogP contribution is -2.24. The van der Waals surface area contributed by atoms with Gasteiger partial charge in [-0.15, -0.1) is 0 Å². The fourth-order valence-electron chi connectivity index (χ4n) is 2.73. The molecule has 3 heteroatoms. The molecule has 118 valence electrons. The highest BCUT2D eigenvalue weighted by molar-refractivity contribution is 6.07. The van der Waals surface area contributed by atoms with Gasteiger partial charge in [0.25, 0.3) is 5.91 Å². The van der Waals surface area contributed by atoms with Crippen molar-refractivity contribution in [3.05, 3.63) is 42.1 Å². The number of rotatable bonds is 8. The molecule has 22 heavy (non-hydrogen) atoms. The van der Waals surface area contributed by atoms with Crippen LogP contribution >= 0.6 is 0 Å². The van der Waals surface area contributed by atoms with Crippen molar-refractivity contribution >= 4 is 22.9 Å². The lowest BCUT2D eigenvalue weighted by molar-refractivity contribution is 0.0954. The van der Waals surface area contributed by atoms with Gasteiger partial charge in [0.15, 0.2) is 0 Å². The predicted molar refractivity (Wildman–Crippen MR) is 94.2 cm³/mol.